The zero-order chi connectivity index (χ0) is 18.2. The predicted octanol–water partition coefficient (Wildman–Crippen LogP) is 5.11. The summed E-state index contributed by atoms with van der Waals surface area (Å²) in [6.07, 6.45) is 2.24. The van der Waals surface area contributed by atoms with Gasteiger partial charge >= 0.3 is 0 Å². The monoisotopic (exact) mass is 348 g/mol. The first kappa shape index (κ1) is 17.7. The molecule has 0 unspecified atom stereocenters. The average Bonchev–Trinajstić information content (AvgIpc) is 2.69. The number of ether oxygens (including phenoxy) is 1. The van der Waals surface area contributed by atoms with Gasteiger partial charge in [0.05, 0.1) is 7.11 Å². The Morgan fingerprint density at radius 3 is 2.35 bits per heavy atom. The zero-order valence-electron chi connectivity index (χ0n) is 15.2. The summed E-state index contributed by atoms with van der Waals surface area (Å²) in [5.74, 6) is 3.10. The van der Waals surface area contributed by atoms with Crippen LogP contribution in [0.15, 0.2) is 60.7 Å². The topological polar surface area (TPSA) is 59.1 Å². The third-order valence-electron chi connectivity index (χ3n) is 3.96. The van der Waals surface area contributed by atoms with Crippen molar-refractivity contribution >= 4 is 17.3 Å². The number of nitrogens with one attached hydrogen (secondary N) is 2. The zero-order valence-corrected chi connectivity index (χ0v) is 15.2. The minimum atomic E-state index is 0.697. The molecule has 0 aliphatic heterocycles. The van der Waals surface area contributed by atoms with Gasteiger partial charge in [-0.1, -0.05) is 43.7 Å². The normalized spacial score (nSPS) is 10.4. The molecule has 0 amide bonds. The Morgan fingerprint density at radius 1 is 0.923 bits per heavy atom. The lowest BCUT2D eigenvalue weighted by Gasteiger charge is -2.12. The number of benzene rings is 2. The van der Waals surface area contributed by atoms with Crippen LogP contribution < -0.4 is 15.4 Å². The molecular formula is C21H24N4O. The number of hydrogen-bond donors (Lipinski definition) is 2. The molecule has 5 heteroatoms. The van der Waals surface area contributed by atoms with Crippen molar-refractivity contribution in [2.24, 2.45) is 0 Å². The van der Waals surface area contributed by atoms with Gasteiger partial charge in [-0.2, -0.15) is 0 Å². The van der Waals surface area contributed by atoms with Crippen LogP contribution in [0.4, 0.5) is 17.3 Å². The van der Waals surface area contributed by atoms with Gasteiger partial charge in [-0.3, -0.25) is 0 Å². The molecule has 0 spiro atoms. The van der Waals surface area contributed by atoms with E-state index in [0.717, 1.165) is 48.0 Å². The summed E-state index contributed by atoms with van der Waals surface area (Å²) in [7, 11) is 1.66. The smallest absolute Gasteiger partial charge is 0.163 e. The Hall–Kier alpha value is -3.08. The van der Waals surface area contributed by atoms with Crippen LogP contribution in [0.25, 0.3) is 11.4 Å². The Labute approximate surface area is 154 Å². The van der Waals surface area contributed by atoms with Gasteiger partial charge in [-0.05, 0) is 30.7 Å². The Morgan fingerprint density at radius 2 is 1.65 bits per heavy atom. The van der Waals surface area contributed by atoms with Crippen molar-refractivity contribution in [2.75, 3.05) is 24.3 Å². The molecular weight excluding hydrogens is 324 g/mol. The molecule has 0 saturated heterocycles. The molecule has 5 nitrogen and oxygen atoms in total. The van der Waals surface area contributed by atoms with E-state index in [0.29, 0.717) is 5.82 Å². The summed E-state index contributed by atoms with van der Waals surface area (Å²) in [5.41, 5.74) is 1.94. The SMILES string of the molecule is CCCCNc1cc(Nc2ccc(OC)cc2)nc(-c2ccccc2)n1. The van der Waals surface area contributed by atoms with Gasteiger partial charge < -0.3 is 15.4 Å². The number of methoxy groups -OCH3 is 1. The second-order valence-corrected chi connectivity index (χ2v) is 5.96. The van der Waals surface area contributed by atoms with Crippen LogP contribution in [0.2, 0.25) is 0 Å². The third kappa shape index (κ3) is 4.72. The molecule has 26 heavy (non-hydrogen) atoms. The van der Waals surface area contributed by atoms with Gasteiger partial charge in [0, 0.05) is 23.9 Å². The number of anilines is 3. The molecule has 3 aromatic rings. The van der Waals surface area contributed by atoms with Gasteiger partial charge in [-0.15, -0.1) is 0 Å². The third-order valence-corrected chi connectivity index (χ3v) is 3.96. The molecule has 2 N–H and O–H groups in total. The largest absolute Gasteiger partial charge is 0.497 e. The summed E-state index contributed by atoms with van der Waals surface area (Å²) >= 11 is 0. The highest BCUT2D eigenvalue weighted by Crippen LogP contribution is 2.24. The fraction of sp³-hybridized carbons (Fsp3) is 0.238. The summed E-state index contributed by atoms with van der Waals surface area (Å²) in [4.78, 5) is 9.34. The number of nitrogens with zero attached hydrogens (tertiary/aromatic N) is 2. The summed E-state index contributed by atoms with van der Waals surface area (Å²) in [6, 6.07) is 19.7. The molecule has 0 radical (unpaired) electrons. The van der Waals surface area contributed by atoms with Crippen LogP contribution in [-0.4, -0.2) is 23.6 Å². The van der Waals surface area contributed by atoms with Crippen molar-refractivity contribution in [3.05, 3.63) is 60.7 Å². The number of aromatic nitrogens is 2. The summed E-state index contributed by atoms with van der Waals surface area (Å²) in [5, 5.41) is 6.74. The molecule has 0 bridgehead atoms. The number of hydrogen-bond acceptors (Lipinski definition) is 5. The van der Waals surface area contributed by atoms with Crippen molar-refractivity contribution < 1.29 is 4.74 Å². The fourth-order valence-electron chi connectivity index (χ4n) is 2.53. The highest BCUT2D eigenvalue weighted by atomic mass is 16.5. The lowest BCUT2D eigenvalue weighted by atomic mass is 10.2. The standard InChI is InChI=1S/C21H24N4O/c1-3-4-14-22-19-15-20(23-17-10-12-18(26-2)13-11-17)25-21(24-19)16-8-6-5-7-9-16/h5-13,15H,3-4,14H2,1-2H3,(H2,22,23,24,25). The predicted molar refractivity (Wildman–Crippen MR) is 107 cm³/mol. The van der Waals surface area contributed by atoms with E-state index in [1.165, 1.54) is 0 Å². The number of unbranched alkanes of at least 4 members (excludes halogenated alkanes) is 1. The van der Waals surface area contributed by atoms with Crippen LogP contribution in [0, 0.1) is 0 Å². The maximum atomic E-state index is 5.21. The second-order valence-electron chi connectivity index (χ2n) is 5.96. The average molecular weight is 348 g/mol. The Kier molecular flexibility index (Phi) is 6.04. The molecule has 1 heterocycles. The second kappa shape index (κ2) is 8.85. The highest BCUT2D eigenvalue weighted by molar-refractivity contribution is 5.65. The fourth-order valence-corrected chi connectivity index (χ4v) is 2.53. The maximum absolute atomic E-state index is 5.21. The molecule has 0 saturated carbocycles. The first-order chi connectivity index (χ1) is 12.8. The first-order valence-corrected chi connectivity index (χ1v) is 8.88. The minimum Gasteiger partial charge on any atom is -0.497 e. The van der Waals surface area contributed by atoms with Crippen LogP contribution in [-0.2, 0) is 0 Å². The molecule has 0 fully saturated rings. The molecule has 0 aliphatic rings. The van der Waals surface area contributed by atoms with E-state index >= 15 is 0 Å². The molecule has 134 valence electrons. The van der Waals surface area contributed by atoms with E-state index in [-0.39, 0.29) is 0 Å². The van der Waals surface area contributed by atoms with Crippen molar-refractivity contribution in [3.8, 4) is 17.1 Å². The molecule has 0 aliphatic carbocycles. The molecule has 2 aromatic carbocycles. The lowest BCUT2D eigenvalue weighted by molar-refractivity contribution is 0.415. The van der Waals surface area contributed by atoms with E-state index in [1.54, 1.807) is 7.11 Å². The van der Waals surface area contributed by atoms with Gasteiger partial charge in [0.15, 0.2) is 5.82 Å². The number of rotatable bonds is 8. The molecule has 3 rings (SSSR count). The quantitative estimate of drug-likeness (QED) is 0.554. The Bertz CT molecular complexity index is 819. The van der Waals surface area contributed by atoms with Crippen LogP contribution in [0.5, 0.6) is 5.75 Å². The van der Waals surface area contributed by atoms with Gasteiger partial charge in [0.25, 0.3) is 0 Å². The molecule has 1 aromatic heterocycles. The lowest BCUT2D eigenvalue weighted by Crippen LogP contribution is -2.06. The first-order valence-electron chi connectivity index (χ1n) is 8.88. The minimum absolute atomic E-state index is 0.697. The van der Waals surface area contributed by atoms with Gasteiger partial charge in [0.1, 0.15) is 17.4 Å². The Balaban J connectivity index is 1.87. The summed E-state index contributed by atoms with van der Waals surface area (Å²) < 4.78 is 5.21. The van der Waals surface area contributed by atoms with Crippen molar-refractivity contribution in [2.45, 2.75) is 19.8 Å². The highest BCUT2D eigenvalue weighted by Gasteiger charge is 2.07. The van der Waals surface area contributed by atoms with Gasteiger partial charge in [-0.25, -0.2) is 9.97 Å². The van der Waals surface area contributed by atoms with E-state index < -0.39 is 0 Å². The van der Waals surface area contributed by atoms with Crippen LogP contribution in [0.1, 0.15) is 19.8 Å². The van der Waals surface area contributed by atoms with E-state index in [4.69, 9.17) is 4.74 Å². The van der Waals surface area contributed by atoms with E-state index in [9.17, 15) is 0 Å². The van der Waals surface area contributed by atoms with E-state index in [1.807, 2.05) is 60.7 Å². The molecule has 0 atom stereocenters. The van der Waals surface area contributed by atoms with Crippen molar-refractivity contribution in [1.29, 1.82) is 0 Å². The summed E-state index contributed by atoms with van der Waals surface area (Å²) in [6.45, 7) is 3.07. The van der Waals surface area contributed by atoms with Gasteiger partial charge in [0.2, 0.25) is 0 Å². The van der Waals surface area contributed by atoms with E-state index in [2.05, 4.69) is 27.5 Å². The van der Waals surface area contributed by atoms with Crippen molar-refractivity contribution in [1.82, 2.24) is 9.97 Å². The van der Waals surface area contributed by atoms with Crippen LogP contribution in [0.3, 0.4) is 0 Å². The van der Waals surface area contributed by atoms with Crippen LogP contribution >= 0.6 is 0 Å². The van der Waals surface area contributed by atoms with Crippen molar-refractivity contribution in [3.63, 3.8) is 0 Å². The maximum Gasteiger partial charge on any atom is 0.163 e.